The first-order valence-electron chi connectivity index (χ1n) is 6.53. The summed E-state index contributed by atoms with van der Waals surface area (Å²) in [5.41, 5.74) is 1.15. The van der Waals surface area contributed by atoms with Gasteiger partial charge in [-0.15, -0.1) is 11.3 Å². The van der Waals surface area contributed by atoms with Crippen LogP contribution in [0.4, 0.5) is 0 Å². The van der Waals surface area contributed by atoms with Gasteiger partial charge in [0.15, 0.2) is 0 Å². The number of nitrogens with zero attached hydrogens (tertiary/aromatic N) is 2. The fraction of sp³-hybridized carbons (Fsp3) is 0.769. The first-order chi connectivity index (χ1) is 8.11. The predicted molar refractivity (Wildman–Crippen MR) is 73.5 cm³/mol. The van der Waals surface area contributed by atoms with E-state index in [1.165, 1.54) is 11.4 Å². The van der Waals surface area contributed by atoms with Crippen molar-refractivity contribution in [3.8, 4) is 0 Å². The highest BCUT2D eigenvalue weighted by Crippen LogP contribution is 2.27. The molecule has 2 rings (SSSR count). The Morgan fingerprint density at radius 2 is 2.41 bits per heavy atom. The maximum Gasteiger partial charge on any atom is 0.110 e. The Bertz CT molecular complexity index is 363. The van der Waals surface area contributed by atoms with Gasteiger partial charge < -0.3 is 5.32 Å². The van der Waals surface area contributed by atoms with Crippen molar-refractivity contribution >= 4 is 11.3 Å². The van der Waals surface area contributed by atoms with Crippen LogP contribution in [0.5, 0.6) is 0 Å². The molecule has 0 amide bonds. The van der Waals surface area contributed by atoms with Gasteiger partial charge in [-0.2, -0.15) is 0 Å². The highest BCUT2D eigenvalue weighted by molar-refractivity contribution is 7.09. The second-order valence-corrected chi connectivity index (χ2v) is 5.96. The molecule has 3 nitrogen and oxygen atoms in total. The van der Waals surface area contributed by atoms with Crippen molar-refractivity contribution in [3.05, 3.63) is 16.1 Å². The summed E-state index contributed by atoms with van der Waals surface area (Å²) in [7, 11) is 0. The maximum atomic E-state index is 4.64. The number of nitrogens with one attached hydrogen (secondary N) is 1. The van der Waals surface area contributed by atoms with Crippen LogP contribution < -0.4 is 5.32 Å². The molecule has 4 heteroatoms. The third kappa shape index (κ3) is 2.87. The Hall–Kier alpha value is -0.450. The topological polar surface area (TPSA) is 28.2 Å². The summed E-state index contributed by atoms with van der Waals surface area (Å²) in [5.74, 6) is 0. The molecule has 1 N–H and O–H groups in total. The van der Waals surface area contributed by atoms with Crippen LogP contribution in [0.1, 0.15) is 43.9 Å². The van der Waals surface area contributed by atoms with E-state index in [0.29, 0.717) is 18.1 Å². The molecule has 0 aromatic carbocycles. The minimum Gasteiger partial charge on any atom is -0.311 e. The number of hydrogen-bond acceptors (Lipinski definition) is 4. The molecular weight excluding hydrogens is 230 g/mol. The lowest BCUT2D eigenvalue weighted by Crippen LogP contribution is -2.55. The highest BCUT2D eigenvalue weighted by Gasteiger charge is 2.29. The van der Waals surface area contributed by atoms with Gasteiger partial charge in [0.25, 0.3) is 0 Å². The van der Waals surface area contributed by atoms with Crippen molar-refractivity contribution in [3.63, 3.8) is 0 Å². The Morgan fingerprint density at radius 3 is 3.00 bits per heavy atom. The lowest BCUT2D eigenvalue weighted by atomic mass is 10.1. The van der Waals surface area contributed by atoms with E-state index >= 15 is 0 Å². The summed E-state index contributed by atoms with van der Waals surface area (Å²) in [6.45, 7) is 11.1. The Kier molecular flexibility index (Phi) is 4.17. The molecule has 0 radical (unpaired) electrons. The molecule has 3 atom stereocenters. The lowest BCUT2D eigenvalue weighted by Gasteiger charge is -2.42. The molecule has 3 unspecified atom stereocenters. The van der Waals surface area contributed by atoms with Crippen LogP contribution in [0, 0.1) is 6.92 Å². The van der Waals surface area contributed by atoms with Crippen molar-refractivity contribution in [2.75, 3.05) is 13.1 Å². The molecule has 1 saturated heterocycles. The number of aryl methyl sites for hydroxylation is 1. The predicted octanol–water partition coefficient (Wildman–Crippen LogP) is 2.58. The summed E-state index contributed by atoms with van der Waals surface area (Å²) in [6.07, 6.45) is 1.20. The first kappa shape index (κ1) is 13.0. The minimum atomic E-state index is 0.447. The van der Waals surface area contributed by atoms with Crippen LogP contribution in [0.2, 0.25) is 0 Å². The van der Waals surface area contributed by atoms with E-state index in [1.807, 2.05) is 0 Å². The van der Waals surface area contributed by atoms with E-state index in [4.69, 9.17) is 0 Å². The zero-order valence-corrected chi connectivity index (χ0v) is 12.0. The van der Waals surface area contributed by atoms with E-state index in [1.54, 1.807) is 11.3 Å². The van der Waals surface area contributed by atoms with E-state index < -0.39 is 0 Å². The fourth-order valence-corrected chi connectivity index (χ4v) is 3.42. The average molecular weight is 253 g/mol. The minimum absolute atomic E-state index is 0.447. The number of thiazole rings is 1. The van der Waals surface area contributed by atoms with Crippen LogP contribution in [0.15, 0.2) is 5.38 Å². The zero-order valence-electron chi connectivity index (χ0n) is 11.2. The van der Waals surface area contributed by atoms with Crippen LogP contribution >= 0.6 is 11.3 Å². The molecule has 1 aliphatic rings. The van der Waals surface area contributed by atoms with Crippen LogP contribution in [-0.2, 0) is 0 Å². The third-order valence-corrected chi connectivity index (χ3v) is 4.75. The standard InChI is InChI=1S/C13H23N3S/c1-5-12-6-14-9(2)7-16(12)11(4)13-15-10(3)8-17-13/h8-9,11-12,14H,5-7H2,1-4H3. The van der Waals surface area contributed by atoms with Crippen molar-refractivity contribution in [2.24, 2.45) is 0 Å². The van der Waals surface area contributed by atoms with Gasteiger partial charge in [-0.3, -0.25) is 4.90 Å². The highest BCUT2D eigenvalue weighted by atomic mass is 32.1. The number of rotatable bonds is 3. The number of hydrogen-bond donors (Lipinski definition) is 1. The summed E-state index contributed by atoms with van der Waals surface area (Å²) in [6, 6.07) is 1.68. The quantitative estimate of drug-likeness (QED) is 0.897. The Labute approximate surface area is 108 Å². The van der Waals surface area contributed by atoms with Crippen molar-refractivity contribution in [1.29, 1.82) is 0 Å². The van der Waals surface area contributed by atoms with Crippen LogP contribution in [-0.4, -0.2) is 35.1 Å². The first-order valence-corrected chi connectivity index (χ1v) is 7.41. The van der Waals surface area contributed by atoms with E-state index in [0.717, 1.165) is 18.8 Å². The van der Waals surface area contributed by atoms with E-state index in [2.05, 4.69) is 48.3 Å². The maximum absolute atomic E-state index is 4.64. The largest absolute Gasteiger partial charge is 0.311 e. The molecule has 1 aliphatic heterocycles. The molecule has 96 valence electrons. The zero-order chi connectivity index (χ0) is 12.4. The average Bonchev–Trinajstić information content (AvgIpc) is 2.75. The lowest BCUT2D eigenvalue weighted by molar-refractivity contribution is 0.0903. The van der Waals surface area contributed by atoms with Crippen molar-refractivity contribution in [1.82, 2.24) is 15.2 Å². The summed E-state index contributed by atoms with van der Waals surface area (Å²) >= 11 is 1.79. The molecule has 0 spiro atoms. The van der Waals surface area contributed by atoms with Crippen LogP contribution in [0.25, 0.3) is 0 Å². The molecule has 0 bridgehead atoms. The normalized spacial score (nSPS) is 28.2. The van der Waals surface area contributed by atoms with Gasteiger partial charge >= 0.3 is 0 Å². The Morgan fingerprint density at radius 1 is 1.65 bits per heavy atom. The summed E-state index contributed by atoms with van der Waals surface area (Å²) in [5, 5.41) is 6.98. The second-order valence-electron chi connectivity index (χ2n) is 5.07. The summed E-state index contributed by atoms with van der Waals surface area (Å²) in [4.78, 5) is 7.25. The van der Waals surface area contributed by atoms with E-state index in [-0.39, 0.29) is 0 Å². The van der Waals surface area contributed by atoms with Gasteiger partial charge in [-0.1, -0.05) is 6.92 Å². The molecule has 1 fully saturated rings. The molecule has 1 aromatic rings. The van der Waals surface area contributed by atoms with Gasteiger partial charge in [0.1, 0.15) is 5.01 Å². The SMILES string of the molecule is CCC1CNC(C)CN1C(C)c1nc(C)cs1. The van der Waals surface area contributed by atoms with Crippen molar-refractivity contribution in [2.45, 2.75) is 52.2 Å². The third-order valence-electron chi connectivity index (χ3n) is 3.62. The second kappa shape index (κ2) is 5.46. The van der Waals surface area contributed by atoms with Gasteiger partial charge in [-0.25, -0.2) is 4.98 Å². The molecule has 1 aromatic heterocycles. The number of aromatic nitrogens is 1. The molecule has 0 aliphatic carbocycles. The molecule has 17 heavy (non-hydrogen) atoms. The summed E-state index contributed by atoms with van der Waals surface area (Å²) < 4.78 is 0. The van der Waals surface area contributed by atoms with Gasteiger partial charge in [0, 0.05) is 36.2 Å². The van der Waals surface area contributed by atoms with Gasteiger partial charge in [0.2, 0.25) is 0 Å². The molecule has 2 heterocycles. The molecular formula is C13H23N3S. The monoisotopic (exact) mass is 253 g/mol. The van der Waals surface area contributed by atoms with Crippen LogP contribution in [0.3, 0.4) is 0 Å². The number of piperazine rings is 1. The Balaban J connectivity index is 2.12. The fourth-order valence-electron chi connectivity index (χ4n) is 2.54. The van der Waals surface area contributed by atoms with Gasteiger partial charge in [-0.05, 0) is 27.2 Å². The van der Waals surface area contributed by atoms with Crippen molar-refractivity contribution < 1.29 is 0 Å². The smallest absolute Gasteiger partial charge is 0.110 e. The van der Waals surface area contributed by atoms with Gasteiger partial charge in [0.05, 0.1) is 6.04 Å². The molecule has 0 saturated carbocycles. The van der Waals surface area contributed by atoms with E-state index in [9.17, 15) is 0 Å².